The lowest BCUT2D eigenvalue weighted by Crippen LogP contribution is -2.47. The van der Waals surface area contributed by atoms with Crippen LogP contribution in [-0.4, -0.2) is 0 Å². The van der Waals surface area contributed by atoms with Crippen LogP contribution in [-0.2, 0) is 0 Å². The van der Waals surface area contributed by atoms with Gasteiger partial charge in [0.05, 0.1) is 0 Å². The average molecular weight is 294 g/mol. The van der Waals surface area contributed by atoms with E-state index in [1.54, 1.807) is 38.5 Å². The Kier molecular flexibility index (Phi) is 2.29. The van der Waals surface area contributed by atoms with E-state index < -0.39 is 0 Å². The van der Waals surface area contributed by atoms with Crippen molar-refractivity contribution in [1.82, 2.24) is 0 Å². The van der Waals surface area contributed by atoms with Gasteiger partial charge >= 0.3 is 0 Å². The Labute approximate surface area is 135 Å². The molecule has 0 N–H and O–H groups in total. The standard InChI is InChI=1S/C22H30/c1-14-7-18(20-19(14)22(20)5-3-2-4-6-22)21-11-15-8-16(12-21)10-17(9-15)13-21/h7,14-17H,2-6,8-13H2,1H3. The zero-order chi connectivity index (χ0) is 14.5. The third-order valence-electron chi connectivity index (χ3n) is 8.66. The van der Waals surface area contributed by atoms with E-state index in [1.807, 2.05) is 16.7 Å². The van der Waals surface area contributed by atoms with E-state index in [2.05, 4.69) is 13.0 Å². The molecule has 1 unspecified atom stereocenters. The van der Waals surface area contributed by atoms with E-state index >= 15 is 0 Å². The summed E-state index contributed by atoms with van der Waals surface area (Å²) in [7, 11) is 0. The lowest BCUT2D eigenvalue weighted by atomic mass is 9.47. The molecule has 1 atom stereocenters. The molecule has 0 nitrogen and oxygen atoms in total. The summed E-state index contributed by atoms with van der Waals surface area (Å²) in [6.45, 7) is 2.51. The molecule has 0 heterocycles. The smallest absolute Gasteiger partial charge is 0.0176 e. The van der Waals surface area contributed by atoms with Crippen LogP contribution in [0.5, 0.6) is 0 Å². The Morgan fingerprint density at radius 1 is 0.864 bits per heavy atom. The van der Waals surface area contributed by atoms with E-state index in [4.69, 9.17) is 0 Å². The van der Waals surface area contributed by atoms with E-state index in [0.717, 1.165) is 23.7 Å². The molecule has 0 aromatic heterocycles. The van der Waals surface area contributed by atoms with Crippen LogP contribution in [0.3, 0.4) is 0 Å². The molecule has 7 aliphatic carbocycles. The molecule has 7 rings (SSSR count). The van der Waals surface area contributed by atoms with Gasteiger partial charge in [0, 0.05) is 5.41 Å². The van der Waals surface area contributed by atoms with Crippen LogP contribution in [0.1, 0.15) is 77.6 Å². The SMILES string of the molecule is CC1C=C(C23CC4CC(CC(C4)C2)C3)C2=C1C21CCCCC1. The first-order valence-electron chi connectivity index (χ1n) is 10.2. The lowest BCUT2D eigenvalue weighted by Gasteiger charge is -2.58. The Morgan fingerprint density at radius 2 is 1.45 bits per heavy atom. The number of hydrogen-bond acceptors (Lipinski definition) is 0. The zero-order valence-corrected chi connectivity index (χ0v) is 14.2. The summed E-state index contributed by atoms with van der Waals surface area (Å²) in [5, 5.41) is 0. The van der Waals surface area contributed by atoms with Crippen molar-refractivity contribution in [2.75, 3.05) is 0 Å². The van der Waals surface area contributed by atoms with Gasteiger partial charge in [0.1, 0.15) is 0 Å². The molecule has 0 aromatic carbocycles. The van der Waals surface area contributed by atoms with Gasteiger partial charge < -0.3 is 0 Å². The molecule has 22 heavy (non-hydrogen) atoms. The molecule has 0 heteroatoms. The van der Waals surface area contributed by atoms with Crippen molar-refractivity contribution < 1.29 is 0 Å². The molecule has 118 valence electrons. The number of hydrogen-bond donors (Lipinski definition) is 0. The van der Waals surface area contributed by atoms with Crippen LogP contribution in [0.15, 0.2) is 22.8 Å². The molecule has 0 amide bonds. The normalized spacial score (nSPS) is 50.5. The molecule has 1 spiro atoms. The van der Waals surface area contributed by atoms with Gasteiger partial charge in [-0.3, -0.25) is 0 Å². The van der Waals surface area contributed by atoms with Gasteiger partial charge in [-0.15, -0.1) is 0 Å². The second-order valence-electron chi connectivity index (χ2n) is 10.00. The van der Waals surface area contributed by atoms with Crippen LogP contribution in [0, 0.1) is 34.5 Å². The van der Waals surface area contributed by atoms with Crippen molar-refractivity contribution in [1.29, 1.82) is 0 Å². The van der Waals surface area contributed by atoms with Crippen molar-refractivity contribution >= 4 is 0 Å². The first-order chi connectivity index (χ1) is 10.7. The quantitative estimate of drug-likeness (QED) is 0.553. The maximum Gasteiger partial charge on any atom is 0.0176 e. The van der Waals surface area contributed by atoms with Crippen LogP contribution in [0.2, 0.25) is 0 Å². The monoisotopic (exact) mass is 294 g/mol. The Morgan fingerprint density at radius 3 is 2.05 bits per heavy atom. The van der Waals surface area contributed by atoms with Crippen molar-refractivity contribution in [3.63, 3.8) is 0 Å². The van der Waals surface area contributed by atoms with Gasteiger partial charge in [-0.1, -0.05) is 32.3 Å². The Bertz CT molecular complexity index is 560. The second kappa shape index (κ2) is 3.93. The lowest BCUT2D eigenvalue weighted by molar-refractivity contribution is -0.0298. The van der Waals surface area contributed by atoms with Gasteiger partial charge in [0.25, 0.3) is 0 Å². The third-order valence-corrected chi connectivity index (χ3v) is 8.66. The maximum atomic E-state index is 2.75. The highest BCUT2D eigenvalue weighted by molar-refractivity contribution is 5.68. The molecule has 0 radical (unpaired) electrons. The zero-order valence-electron chi connectivity index (χ0n) is 14.2. The predicted molar refractivity (Wildman–Crippen MR) is 90.4 cm³/mol. The highest BCUT2D eigenvalue weighted by atomic mass is 14.7. The van der Waals surface area contributed by atoms with Gasteiger partial charge in [0.2, 0.25) is 0 Å². The molecule has 4 bridgehead atoms. The van der Waals surface area contributed by atoms with E-state index in [1.165, 1.54) is 32.1 Å². The van der Waals surface area contributed by atoms with E-state index in [-0.39, 0.29) is 0 Å². The molecule has 7 aliphatic rings. The van der Waals surface area contributed by atoms with Gasteiger partial charge in [-0.2, -0.15) is 0 Å². The summed E-state index contributed by atoms with van der Waals surface area (Å²) in [5.74, 6) is 4.06. The first kappa shape index (κ1) is 12.8. The number of allylic oxidation sites excluding steroid dienone is 4. The number of fused-ring (bicyclic) bond motifs is 2. The van der Waals surface area contributed by atoms with E-state index in [0.29, 0.717) is 10.8 Å². The van der Waals surface area contributed by atoms with Gasteiger partial charge in [0.15, 0.2) is 0 Å². The van der Waals surface area contributed by atoms with Gasteiger partial charge in [-0.25, -0.2) is 0 Å². The van der Waals surface area contributed by atoms with Gasteiger partial charge in [-0.05, 0) is 97.2 Å². The first-order valence-corrected chi connectivity index (χ1v) is 10.2. The molecular formula is C22H30. The highest BCUT2D eigenvalue weighted by Crippen LogP contribution is 2.75. The van der Waals surface area contributed by atoms with Crippen LogP contribution in [0.25, 0.3) is 0 Å². The second-order valence-corrected chi connectivity index (χ2v) is 10.00. The molecule has 0 aliphatic heterocycles. The minimum Gasteiger partial charge on any atom is -0.0735 e. The molecule has 0 aromatic rings. The summed E-state index contributed by atoms with van der Waals surface area (Å²) < 4.78 is 0. The largest absolute Gasteiger partial charge is 0.0735 e. The minimum atomic E-state index is 0.644. The van der Waals surface area contributed by atoms with Crippen LogP contribution < -0.4 is 0 Å². The van der Waals surface area contributed by atoms with Crippen molar-refractivity contribution in [3.05, 3.63) is 22.8 Å². The Balaban J connectivity index is 1.39. The van der Waals surface area contributed by atoms with Crippen molar-refractivity contribution in [3.8, 4) is 0 Å². The molecule has 5 fully saturated rings. The maximum absolute atomic E-state index is 2.75. The number of rotatable bonds is 1. The molecule has 5 saturated carbocycles. The predicted octanol–water partition coefficient (Wildman–Crippen LogP) is 6.04. The fourth-order valence-electron chi connectivity index (χ4n) is 8.42. The third kappa shape index (κ3) is 1.42. The van der Waals surface area contributed by atoms with Crippen molar-refractivity contribution in [2.24, 2.45) is 34.5 Å². The summed E-state index contributed by atoms with van der Waals surface area (Å²) in [6, 6.07) is 0. The van der Waals surface area contributed by atoms with Crippen LogP contribution in [0.4, 0.5) is 0 Å². The summed E-state index contributed by atoms with van der Waals surface area (Å²) in [6.07, 6.45) is 19.7. The van der Waals surface area contributed by atoms with Crippen molar-refractivity contribution in [2.45, 2.75) is 77.6 Å². The van der Waals surface area contributed by atoms with E-state index in [9.17, 15) is 0 Å². The molecular weight excluding hydrogens is 264 g/mol. The summed E-state index contributed by atoms with van der Waals surface area (Å²) in [5.41, 5.74) is 7.10. The minimum absolute atomic E-state index is 0.644. The fourth-order valence-corrected chi connectivity index (χ4v) is 8.42. The average Bonchev–Trinajstić information content (AvgIpc) is 2.92. The summed E-state index contributed by atoms with van der Waals surface area (Å²) >= 11 is 0. The fraction of sp³-hybridized carbons (Fsp3) is 0.818. The topological polar surface area (TPSA) is 0 Å². The summed E-state index contributed by atoms with van der Waals surface area (Å²) in [4.78, 5) is 0. The highest BCUT2D eigenvalue weighted by Gasteiger charge is 2.63. The molecule has 0 saturated heterocycles. The Hall–Kier alpha value is -0.520. The van der Waals surface area contributed by atoms with Crippen LogP contribution >= 0.6 is 0 Å².